The average Bonchev–Trinajstić information content (AvgIpc) is 2.63. The van der Waals surface area contributed by atoms with Crippen molar-refractivity contribution in [2.45, 2.75) is 26.3 Å². The van der Waals surface area contributed by atoms with E-state index in [0.717, 1.165) is 13.0 Å². The van der Waals surface area contributed by atoms with E-state index in [2.05, 4.69) is 0 Å². The fourth-order valence-corrected chi connectivity index (χ4v) is 2.46. The van der Waals surface area contributed by atoms with E-state index in [0.29, 0.717) is 32.8 Å². The Morgan fingerprint density at radius 3 is 2.52 bits per heavy atom. The summed E-state index contributed by atoms with van der Waals surface area (Å²) in [6.45, 7) is 7.67. The first-order chi connectivity index (χ1) is 9.95. The van der Waals surface area contributed by atoms with Crippen molar-refractivity contribution in [3.63, 3.8) is 0 Å². The number of rotatable bonds is 6. The number of ether oxygens (including phenoxy) is 1. The summed E-state index contributed by atoms with van der Waals surface area (Å²) < 4.78 is 5.06. The Labute approximate surface area is 126 Å². The molecule has 0 radical (unpaired) electrons. The van der Waals surface area contributed by atoms with Crippen molar-refractivity contribution in [3.8, 4) is 0 Å². The number of amides is 2. The van der Waals surface area contributed by atoms with Gasteiger partial charge in [-0.2, -0.15) is 0 Å². The molecular weight excluding hydrogens is 274 g/mol. The lowest BCUT2D eigenvalue weighted by molar-refractivity contribution is -0.138. The van der Waals surface area contributed by atoms with Crippen LogP contribution in [0.2, 0.25) is 0 Å². The maximum atomic E-state index is 12.6. The molecule has 122 valence electrons. The standard InChI is InChI=1S/C14H27N3O4/c1-12(2)17(9-10-21-3)14(20)16-6-4-5-15(7-8-16)11-13(18)19/h12H,4-11H2,1-3H3,(H,18,19). The summed E-state index contributed by atoms with van der Waals surface area (Å²) in [5.74, 6) is -0.821. The lowest BCUT2D eigenvalue weighted by atomic mass is 10.3. The molecule has 1 saturated heterocycles. The predicted octanol–water partition coefficient (Wildman–Crippen LogP) is 0.556. The number of hydrogen-bond donors (Lipinski definition) is 1. The van der Waals surface area contributed by atoms with E-state index in [1.54, 1.807) is 12.0 Å². The minimum absolute atomic E-state index is 0.0132. The smallest absolute Gasteiger partial charge is 0.320 e. The summed E-state index contributed by atoms with van der Waals surface area (Å²) in [7, 11) is 1.62. The van der Waals surface area contributed by atoms with Crippen molar-refractivity contribution in [1.82, 2.24) is 14.7 Å². The molecule has 1 fully saturated rings. The Morgan fingerprint density at radius 2 is 1.95 bits per heavy atom. The second-order valence-electron chi connectivity index (χ2n) is 5.57. The first kappa shape index (κ1) is 17.7. The summed E-state index contributed by atoms with van der Waals surface area (Å²) in [5.41, 5.74) is 0. The number of hydrogen-bond acceptors (Lipinski definition) is 4. The molecule has 0 aromatic rings. The third kappa shape index (κ3) is 5.89. The van der Waals surface area contributed by atoms with Crippen LogP contribution < -0.4 is 0 Å². The second kappa shape index (κ2) is 8.84. The average molecular weight is 301 g/mol. The van der Waals surface area contributed by atoms with Crippen LogP contribution in [0.25, 0.3) is 0 Å². The third-order valence-electron chi connectivity index (χ3n) is 3.62. The Kier molecular flexibility index (Phi) is 7.45. The highest BCUT2D eigenvalue weighted by Crippen LogP contribution is 2.09. The molecule has 0 aromatic heterocycles. The molecule has 2 amide bonds. The lowest BCUT2D eigenvalue weighted by Gasteiger charge is -2.32. The van der Waals surface area contributed by atoms with E-state index in [9.17, 15) is 9.59 Å². The number of carboxylic acids is 1. The lowest BCUT2D eigenvalue weighted by Crippen LogP contribution is -2.48. The zero-order chi connectivity index (χ0) is 15.8. The Bertz CT molecular complexity index is 349. The minimum Gasteiger partial charge on any atom is -0.480 e. The van der Waals surface area contributed by atoms with Gasteiger partial charge in [0.05, 0.1) is 13.2 Å². The SMILES string of the molecule is COCCN(C(=O)N1CCCN(CC(=O)O)CC1)C(C)C. The van der Waals surface area contributed by atoms with Gasteiger partial charge in [-0.1, -0.05) is 0 Å². The van der Waals surface area contributed by atoms with Gasteiger partial charge in [0.25, 0.3) is 0 Å². The van der Waals surface area contributed by atoms with Gasteiger partial charge in [-0.25, -0.2) is 4.79 Å². The van der Waals surface area contributed by atoms with Gasteiger partial charge in [0.2, 0.25) is 0 Å². The first-order valence-corrected chi connectivity index (χ1v) is 7.44. The Hall–Kier alpha value is -1.34. The molecule has 7 heteroatoms. The van der Waals surface area contributed by atoms with E-state index in [-0.39, 0.29) is 18.6 Å². The predicted molar refractivity (Wildman–Crippen MR) is 79.4 cm³/mol. The topological polar surface area (TPSA) is 73.3 Å². The third-order valence-corrected chi connectivity index (χ3v) is 3.62. The molecule has 21 heavy (non-hydrogen) atoms. The molecule has 0 unspecified atom stereocenters. The van der Waals surface area contributed by atoms with Crippen LogP contribution in [0.15, 0.2) is 0 Å². The highest BCUT2D eigenvalue weighted by Gasteiger charge is 2.25. The number of methoxy groups -OCH3 is 1. The van der Waals surface area contributed by atoms with Gasteiger partial charge < -0.3 is 19.6 Å². The molecule has 0 atom stereocenters. The quantitative estimate of drug-likeness (QED) is 0.776. The van der Waals surface area contributed by atoms with Gasteiger partial charge in [-0.3, -0.25) is 9.69 Å². The number of nitrogens with zero attached hydrogens (tertiary/aromatic N) is 3. The van der Waals surface area contributed by atoms with Crippen molar-refractivity contribution in [2.24, 2.45) is 0 Å². The monoisotopic (exact) mass is 301 g/mol. The maximum Gasteiger partial charge on any atom is 0.320 e. The Morgan fingerprint density at radius 1 is 1.24 bits per heavy atom. The van der Waals surface area contributed by atoms with E-state index in [4.69, 9.17) is 9.84 Å². The van der Waals surface area contributed by atoms with Crippen LogP contribution in [0.3, 0.4) is 0 Å². The van der Waals surface area contributed by atoms with Gasteiger partial charge in [0.15, 0.2) is 0 Å². The molecule has 0 aromatic carbocycles. The normalized spacial score (nSPS) is 16.9. The summed E-state index contributed by atoms with van der Waals surface area (Å²) in [6, 6.07) is 0.130. The fraction of sp³-hybridized carbons (Fsp3) is 0.857. The number of carbonyl (C=O) groups excluding carboxylic acids is 1. The summed E-state index contributed by atoms with van der Waals surface area (Å²) in [5, 5.41) is 8.85. The molecule has 1 N–H and O–H groups in total. The summed E-state index contributed by atoms with van der Waals surface area (Å²) in [6.07, 6.45) is 0.801. The summed E-state index contributed by atoms with van der Waals surface area (Å²) >= 11 is 0. The van der Waals surface area contributed by atoms with Gasteiger partial charge in [-0.05, 0) is 20.3 Å². The molecule has 0 aliphatic carbocycles. The zero-order valence-corrected chi connectivity index (χ0v) is 13.2. The van der Waals surface area contributed by atoms with E-state index in [1.165, 1.54) is 0 Å². The molecule has 7 nitrogen and oxygen atoms in total. The zero-order valence-electron chi connectivity index (χ0n) is 13.2. The minimum atomic E-state index is -0.821. The summed E-state index contributed by atoms with van der Waals surface area (Å²) in [4.78, 5) is 28.9. The second-order valence-corrected chi connectivity index (χ2v) is 5.57. The van der Waals surface area contributed by atoms with Gasteiger partial charge in [-0.15, -0.1) is 0 Å². The molecule has 0 spiro atoms. The van der Waals surface area contributed by atoms with Crippen LogP contribution in [0.5, 0.6) is 0 Å². The van der Waals surface area contributed by atoms with Crippen LogP contribution in [0, 0.1) is 0 Å². The molecular formula is C14H27N3O4. The largest absolute Gasteiger partial charge is 0.480 e. The van der Waals surface area contributed by atoms with Crippen molar-refractivity contribution in [1.29, 1.82) is 0 Å². The molecule has 0 bridgehead atoms. The first-order valence-electron chi connectivity index (χ1n) is 7.44. The molecule has 0 saturated carbocycles. The fourth-order valence-electron chi connectivity index (χ4n) is 2.46. The van der Waals surface area contributed by atoms with E-state index >= 15 is 0 Å². The van der Waals surface area contributed by atoms with Crippen molar-refractivity contribution in [2.75, 3.05) is 53.0 Å². The van der Waals surface area contributed by atoms with Gasteiger partial charge in [0.1, 0.15) is 0 Å². The van der Waals surface area contributed by atoms with Gasteiger partial charge >= 0.3 is 12.0 Å². The van der Waals surface area contributed by atoms with Crippen LogP contribution >= 0.6 is 0 Å². The highest BCUT2D eigenvalue weighted by molar-refractivity contribution is 5.75. The Balaban J connectivity index is 2.58. The molecule has 1 rings (SSSR count). The maximum absolute atomic E-state index is 12.6. The van der Waals surface area contributed by atoms with Gasteiger partial charge in [0, 0.05) is 45.9 Å². The highest BCUT2D eigenvalue weighted by atomic mass is 16.5. The van der Waals surface area contributed by atoms with Crippen LogP contribution in [-0.2, 0) is 9.53 Å². The number of carbonyl (C=O) groups is 2. The molecule has 1 aliphatic rings. The van der Waals surface area contributed by atoms with Crippen molar-refractivity contribution in [3.05, 3.63) is 0 Å². The van der Waals surface area contributed by atoms with Crippen molar-refractivity contribution >= 4 is 12.0 Å². The molecule has 1 aliphatic heterocycles. The van der Waals surface area contributed by atoms with Crippen molar-refractivity contribution < 1.29 is 19.4 Å². The van der Waals surface area contributed by atoms with E-state index in [1.807, 2.05) is 23.6 Å². The van der Waals surface area contributed by atoms with Crippen LogP contribution in [-0.4, -0.2) is 90.8 Å². The molecule has 1 heterocycles. The van der Waals surface area contributed by atoms with E-state index < -0.39 is 5.97 Å². The number of carboxylic acid groups (broad SMARTS) is 1. The number of urea groups is 1. The van der Waals surface area contributed by atoms with Crippen LogP contribution in [0.4, 0.5) is 4.79 Å². The van der Waals surface area contributed by atoms with Crippen LogP contribution in [0.1, 0.15) is 20.3 Å². The number of aliphatic carboxylic acids is 1.